The van der Waals surface area contributed by atoms with Crippen LogP contribution in [-0.2, 0) is 13.3 Å². The fourth-order valence-electron chi connectivity index (χ4n) is 2.51. The Bertz CT molecular complexity index is 319. The third kappa shape index (κ3) is 8.88. The molecule has 0 fully saturated rings. The number of hydrogen-bond acceptors (Lipinski definition) is 4. The molecule has 0 saturated carbocycles. The molecule has 1 amide bonds. The molecular formula is C16H37NO4Si2. The van der Waals surface area contributed by atoms with Crippen LogP contribution < -0.4 is 5.32 Å². The summed E-state index contributed by atoms with van der Waals surface area (Å²) in [4.78, 5) is 12.0. The second-order valence-corrected chi connectivity index (χ2v) is 14.4. The van der Waals surface area contributed by atoms with E-state index in [0.717, 1.165) is 50.0 Å². The fourth-order valence-corrected chi connectivity index (χ4v) is 6.90. The first-order chi connectivity index (χ1) is 10.9. The van der Waals surface area contributed by atoms with E-state index in [1.54, 1.807) is 7.11 Å². The lowest BCUT2D eigenvalue weighted by molar-refractivity contribution is 0.196. The average Bonchev–Trinajstić information content (AvgIpc) is 2.57. The molecule has 5 nitrogen and oxygen atoms in total. The standard InChI is InChI=1S/C16H37NO4Si2/c1-7-14-20-22(6,19-5)15-12-11-13-17-16(18)21-23(8-2,9-3)10-4/h7-15H2,1-6H3,(H,17,18). The Morgan fingerprint density at radius 1 is 1.04 bits per heavy atom. The van der Waals surface area contributed by atoms with Gasteiger partial charge >= 0.3 is 14.7 Å². The van der Waals surface area contributed by atoms with Gasteiger partial charge in [0.2, 0.25) is 0 Å². The van der Waals surface area contributed by atoms with E-state index in [1.807, 2.05) is 0 Å². The van der Waals surface area contributed by atoms with E-state index in [9.17, 15) is 4.79 Å². The van der Waals surface area contributed by atoms with Crippen LogP contribution in [0.5, 0.6) is 0 Å². The van der Waals surface area contributed by atoms with Crippen LogP contribution in [0, 0.1) is 0 Å². The van der Waals surface area contributed by atoms with Crippen LogP contribution in [-0.4, -0.2) is 43.2 Å². The molecule has 0 rings (SSSR count). The molecule has 23 heavy (non-hydrogen) atoms. The molecule has 0 aromatic rings. The first-order valence-corrected chi connectivity index (χ1v) is 14.1. The van der Waals surface area contributed by atoms with Gasteiger partial charge in [0.1, 0.15) is 0 Å². The average molecular weight is 364 g/mol. The van der Waals surface area contributed by atoms with Crippen LogP contribution in [0.2, 0.25) is 30.7 Å². The van der Waals surface area contributed by atoms with Crippen LogP contribution in [0.15, 0.2) is 0 Å². The summed E-state index contributed by atoms with van der Waals surface area (Å²) in [6.07, 6.45) is 2.70. The van der Waals surface area contributed by atoms with Crippen molar-refractivity contribution in [2.45, 2.75) is 77.7 Å². The van der Waals surface area contributed by atoms with Crippen molar-refractivity contribution in [2.75, 3.05) is 20.3 Å². The summed E-state index contributed by atoms with van der Waals surface area (Å²) < 4.78 is 17.2. The van der Waals surface area contributed by atoms with Crippen molar-refractivity contribution in [1.29, 1.82) is 0 Å². The summed E-state index contributed by atoms with van der Waals surface area (Å²) in [5.41, 5.74) is 0. The Balaban J connectivity index is 4.01. The van der Waals surface area contributed by atoms with Crippen molar-refractivity contribution in [3.63, 3.8) is 0 Å². The van der Waals surface area contributed by atoms with E-state index in [1.165, 1.54) is 0 Å². The highest BCUT2D eigenvalue weighted by Crippen LogP contribution is 2.21. The van der Waals surface area contributed by atoms with Crippen LogP contribution in [0.4, 0.5) is 4.79 Å². The van der Waals surface area contributed by atoms with Crippen molar-refractivity contribution in [3.8, 4) is 0 Å². The Morgan fingerprint density at radius 2 is 1.65 bits per heavy atom. The maximum absolute atomic E-state index is 12.0. The van der Waals surface area contributed by atoms with Gasteiger partial charge in [0.15, 0.2) is 0 Å². The molecule has 0 radical (unpaired) electrons. The first-order valence-electron chi connectivity index (χ1n) is 9.06. The summed E-state index contributed by atoms with van der Waals surface area (Å²) in [6, 6.07) is 3.91. The van der Waals surface area contributed by atoms with E-state index >= 15 is 0 Å². The topological polar surface area (TPSA) is 56.8 Å². The number of rotatable bonds is 13. The third-order valence-electron chi connectivity index (χ3n) is 4.61. The largest absolute Gasteiger partial charge is 0.504 e. The number of nitrogens with one attached hydrogen (secondary N) is 1. The highest BCUT2D eigenvalue weighted by molar-refractivity contribution is 6.74. The van der Waals surface area contributed by atoms with Gasteiger partial charge in [-0.3, -0.25) is 0 Å². The molecule has 0 aromatic carbocycles. The van der Waals surface area contributed by atoms with Crippen LogP contribution in [0.3, 0.4) is 0 Å². The van der Waals surface area contributed by atoms with Gasteiger partial charge in [-0.05, 0) is 50.0 Å². The van der Waals surface area contributed by atoms with Gasteiger partial charge in [0.25, 0.3) is 8.32 Å². The quantitative estimate of drug-likeness (QED) is 0.382. The Morgan fingerprint density at radius 3 is 2.13 bits per heavy atom. The van der Waals surface area contributed by atoms with Gasteiger partial charge in [0, 0.05) is 20.3 Å². The molecule has 1 unspecified atom stereocenters. The summed E-state index contributed by atoms with van der Waals surface area (Å²) >= 11 is 0. The molecule has 0 heterocycles. The van der Waals surface area contributed by atoms with Gasteiger partial charge in [0.05, 0.1) is 0 Å². The molecular weight excluding hydrogens is 326 g/mol. The van der Waals surface area contributed by atoms with Gasteiger partial charge < -0.3 is 18.6 Å². The lowest BCUT2D eigenvalue weighted by Gasteiger charge is -2.27. The number of hydrogen-bond donors (Lipinski definition) is 1. The number of carbonyl (C=O) groups excluding carboxylic acids is 1. The molecule has 7 heteroatoms. The second kappa shape index (κ2) is 12.1. The smallest absolute Gasteiger partial charge is 0.393 e. The minimum absolute atomic E-state index is 0.240. The second-order valence-electron chi connectivity index (χ2n) is 6.20. The normalized spacial score (nSPS) is 14.3. The Hall–Kier alpha value is -0.376. The molecule has 0 aromatic heterocycles. The predicted octanol–water partition coefficient (Wildman–Crippen LogP) is 4.64. The lowest BCUT2D eigenvalue weighted by Crippen LogP contribution is -2.42. The highest BCUT2D eigenvalue weighted by Gasteiger charge is 2.33. The zero-order valence-corrected chi connectivity index (χ0v) is 18.0. The van der Waals surface area contributed by atoms with Crippen molar-refractivity contribution >= 4 is 23.0 Å². The Labute approximate surface area is 144 Å². The van der Waals surface area contributed by atoms with Gasteiger partial charge in [-0.2, -0.15) is 0 Å². The van der Waals surface area contributed by atoms with Crippen LogP contribution in [0.25, 0.3) is 0 Å². The van der Waals surface area contributed by atoms with Crippen molar-refractivity contribution in [1.82, 2.24) is 5.32 Å². The summed E-state index contributed by atoms with van der Waals surface area (Å²) in [5, 5.41) is 2.90. The van der Waals surface area contributed by atoms with E-state index in [2.05, 4.69) is 39.6 Å². The zero-order chi connectivity index (χ0) is 17.8. The first kappa shape index (κ1) is 22.6. The minimum atomic E-state index is -2.01. The van der Waals surface area contributed by atoms with E-state index < -0.39 is 16.9 Å². The van der Waals surface area contributed by atoms with Crippen molar-refractivity contribution < 1.29 is 18.1 Å². The maximum atomic E-state index is 12.0. The van der Waals surface area contributed by atoms with E-state index in [4.69, 9.17) is 13.3 Å². The SMILES string of the molecule is CCCO[Si](C)(CCCCNC(=O)O[Si](CC)(CC)CC)OC. The molecule has 1 atom stereocenters. The predicted molar refractivity (Wildman–Crippen MR) is 101 cm³/mol. The molecule has 138 valence electrons. The molecule has 1 N–H and O–H groups in total. The van der Waals surface area contributed by atoms with Gasteiger partial charge in [-0.25, -0.2) is 4.79 Å². The third-order valence-corrected chi connectivity index (χ3v) is 12.0. The van der Waals surface area contributed by atoms with Crippen LogP contribution in [0.1, 0.15) is 47.0 Å². The number of amides is 1. The summed E-state index contributed by atoms with van der Waals surface area (Å²) in [5.74, 6) is 0. The highest BCUT2D eigenvalue weighted by atomic mass is 28.4. The van der Waals surface area contributed by atoms with Crippen molar-refractivity contribution in [2.24, 2.45) is 0 Å². The molecule has 0 aliphatic rings. The zero-order valence-electron chi connectivity index (χ0n) is 16.0. The van der Waals surface area contributed by atoms with Gasteiger partial charge in [-0.15, -0.1) is 0 Å². The fraction of sp³-hybridized carbons (Fsp3) is 0.938. The van der Waals surface area contributed by atoms with E-state index in [-0.39, 0.29) is 6.09 Å². The molecule has 0 aliphatic heterocycles. The summed E-state index contributed by atoms with van der Waals surface area (Å²) in [6.45, 7) is 12.0. The number of unbranched alkanes of at least 4 members (excludes halogenated alkanes) is 1. The molecule has 0 spiro atoms. The minimum Gasteiger partial charge on any atom is -0.504 e. The number of carbonyl (C=O) groups is 1. The molecule has 0 aliphatic carbocycles. The molecule has 0 saturated heterocycles. The van der Waals surface area contributed by atoms with E-state index in [0.29, 0.717) is 6.54 Å². The Kier molecular flexibility index (Phi) is 11.9. The lowest BCUT2D eigenvalue weighted by atomic mass is 10.3. The maximum Gasteiger partial charge on any atom is 0.393 e. The molecule has 0 bridgehead atoms. The monoisotopic (exact) mass is 363 g/mol. The summed E-state index contributed by atoms with van der Waals surface area (Å²) in [7, 11) is -2.12. The van der Waals surface area contributed by atoms with Gasteiger partial charge in [-0.1, -0.05) is 27.7 Å². The van der Waals surface area contributed by atoms with Crippen molar-refractivity contribution in [3.05, 3.63) is 0 Å². The van der Waals surface area contributed by atoms with Crippen LogP contribution >= 0.6 is 0 Å².